The number of rotatable bonds is 5. The van der Waals surface area contributed by atoms with Crippen molar-refractivity contribution in [3.63, 3.8) is 0 Å². The van der Waals surface area contributed by atoms with Crippen molar-refractivity contribution < 1.29 is 0 Å². The second-order valence-electron chi connectivity index (χ2n) is 4.05. The van der Waals surface area contributed by atoms with Gasteiger partial charge in [-0.05, 0) is 29.5 Å². The number of hydrogen-bond acceptors (Lipinski definition) is 5. The summed E-state index contributed by atoms with van der Waals surface area (Å²) in [6.45, 7) is 0.818. The highest BCUT2D eigenvalue weighted by Crippen LogP contribution is 2.26. The molecule has 0 bridgehead atoms. The summed E-state index contributed by atoms with van der Waals surface area (Å²) in [6.07, 6.45) is 5.48. The lowest BCUT2D eigenvalue weighted by Crippen LogP contribution is -2.06. The number of nitrogens with zero attached hydrogens (tertiary/aromatic N) is 3. The predicted molar refractivity (Wildman–Crippen MR) is 77.8 cm³/mol. The second-order valence-corrected chi connectivity index (χ2v) is 5.28. The molecule has 3 aromatic heterocycles. The van der Waals surface area contributed by atoms with Gasteiger partial charge >= 0.3 is 0 Å². The number of aryl methyl sites for hydroxylation is 1. The third-order valence-electron chi connectivity index (χ3n) is 2.74. The van der Waals surface area contributed by atoms with Gasteiger partial charge < -0.3 is 10.3 Å². The molecule has 0 aliphatic heterocycles. The molecular formula is C12H12ClN5S. The maximum absolute atomic E-state index is 5.90. The van der Waals surface area contributed by atoms with E-state index >= 15 is 0 Å². The van der Waals surface area contributed by atoms with Gasteiger partial charge in [-0.1, -0.05) is 0 Å². The Morgan fingerprint density at radius 3 is 3.16 bits per heavy atom. The van der Waals surface area contributed by atoms with Crippen molar-refractivity contribution in [2.75, 3.05) is 11.9 Å². The Labute approximate surface area is 119 Å². The first-order valence-corrected chi connectivity index (χ1v) is 7.21. The Bertz CT molecular complexity index is 664. The summed E-state index contributed by atoms with van der Waals surface area (Å²) < 4.78 is 0. The van der Waals surface area contributed by atoms with Crippen LogP contribution in [0.4, 0.5) is 5.82 Å². The Kier molecular flexibility index (Phi) is 3.61. The number of aromatic nitrogens is 4. The fraction of sp³-hybridized carbons (Fsp3) is 0.250. The normalized spacial score (nSPS) is 11.0. The van der Waals surface area contributed by atoms with Crippen molar-refractivity contribution in [3.8, 4) is 0 Å². The molecule has 0 aliphatic carbocycles. The van der Waals surface area contributed by atoms with E-state index in [-0.39, 0.29) is 5.28 Å². The molecule has 0 amide bonds. The van der Waals surface area contributed by atoms with Crippen LogP contribution in [-0.2, 0) is 6.42 Å². The van der Waals surface area contributed by atoms with Crippen molar-refractivity contribution in [2.24, 2.45) is 0 Å². The summed E-state index contributed by atoms with van der Waals surface area (Å²) in [5, 5.41) is 6.60. The number of fused-ring (bicyclic) bond motifs is 1. The van der Waals surface area contributed by atoms with Crippen LogP contribution >= 0.6 is 22.9 Å². The average molecular weight is 294 g/mol. The lowest BCUT2D eigenvalue weighted by Gasteiger charge is -2.06. The van der Waals surface area contributed by atoms with Crippen molar-refractivity contribution in [3.05, 3.63) is 34.9 Å². The summed E-state index contributed by atoms with van der Waals surface area (Å²) in [5.41, 5.74) is 0. The highest BCUT2D eigenvalue weighted by Gasteiger charge is 2.07. The van der Waals surface area contributed by atoms with Crippen LogP contribution in [0.5, 0.6) is 0 Å². The van der Waals surface area contributed by atoms with Gasteiger partial charge in [-0.2, -0.15) is 0 Å². The van der Waals surface area contributed by atoms with Gasteiger partial charge in [0.1, 0.15) is 16.5 Å². The summed E-state index contributed by atoms with van der Waals surface area (Å²) >= 11 is 7.47. The fourth-order valence-corrected chi connectivity index (χ4v) is 2.84. The fourth-order valence-electron chi connectivity index (χ4n) is 1.86. The zero-order valence-electron chi connectivity index (χ0n) is 10.1. The molecule has 0 radical (unpaired) electrons. The molecule has 0 aromatic carbocycles. The van der Waals surface area contributed by atoms with E-state index in [0.29, 0.717) is 0 Å². The molecule has 3 heterocycles. The van der Waals surface area contributed by atoms with Crippen LogP contribution in [0.1, 0.15) is 12.2 Å². The first-order valence-electron chi connectivity index (χ1n) is 5.96. The first-order chi connectivity index (χ1) is 9.33. The standard InChI is InChI=1S/C12H12ClN5S/c13-12-17-10(8-3-7-19-11(8)18-12)16-4-1-2-9-14-5-6-15-9/h3,5-7H,1-2,4H2,(H,14,15)(H,16,17,18). The molecule has 0 saturated heterocycles. The molecule has 3 aromatic rings. The van der Waals surface area contributed by atoms with Crippen LogP contribution in [0.15, 0.2) is 23.8 Å². The molecule has 3 rings (SSSR count). The molecule has 0 spiro atoms. The van der Waals surface area contributed by atoms with Crippen LogP contribution in [0.3, 0.4) is 0 Å². The van der Waals surface area contributed by atoms with Crippen molar-refractivity contribution in [1.82, 2.24) is 19.9 Å². The van der Waals surface area contributed by atoms with Gasteiger partial charge in [-0.15, -0.1) is 11.3 Å². The number of anilines is 1. The summed E-state index contributed by atoms with van der Waals surface area (Å²) in [4.78, 5) is 16.6. The minimum atomic E-state index is 0.281. The van der Waals surface area contributed by atoms with Gasteiger partial charge in [0.25, 0.3) is 0 Å². The molecule has 0 atom stereocenters. The second kappa shape index (κ2) is 5.54. The first kappa shape index (κ1) is 12.4. The van der Waals surface area contributed by atoms with Crippen LogP contribution < -0.4 is 5.32 Å². The number of aromatic amines is 1. The Morgan fingerprint density at radius 1 is 1.37 bits per heavy atom. The molecule has 0 fully saturated rings. The SMILES string of the molecule is Clc1nc(NCCCc2ncc[nH]2)c2ccsc2n1. The van der Waals surface area contributed by atoms with Crippen LogP contribution in [0, 0.1) is 0 Å². The van der Waals surface area contributed by atoms with E-state index in [1.165, 1.54) is 0 Å². The Balaban J connectivity index is 1.63. The summed E-state index contributed by atoms with van der Waals surface area (Å²) in [6, 6.07) is 2.01. The Morgan fingerprint density at radius 2 is 2.32 bits per heavy atom. The van der Waals surface area contributed by atoms with Crippen LogP contribution in [0.25, 0.3) is 10.2 Å². The number of hydrogen-bond donors (Lipinski definition) is 2. The molecule has 2 N–H and O–H groups in total. The molecular weight excluding hydrogens is 282 g/mol. The number of halogens is 1. The molecule has 0 aliphatic rings. The molecule has 7 heteroatoms. The highest BCUT2D eigenvalue weighted by molar-refractivity contribution is 7.16. The zero-order chi connectivity index (χ0) is 13.1. The van der Waals surface area contributed by atoms with E-state index in [1.54, 1.807) is 17.5 Å². The van der Waals surface area contributed by atoms with Gasteiger partial charge in [0.15, 0.2) is 0 Å². The van der Waals surface area contributed by atoms with E-state index in [9.17, 15) is 0 Å². The van der Waals surface area contributed by atoms with E-state index in [2.05, 4.69) is 25.3 Å². The maximum atomic E-state index is 5.90. The lowest BCUT2D eigenvalue weighted by atomic mass is 10.3. The molecule has 0 unspecified atom stereocenters. The van der Waals surface area contributed by atoms with E-state index in [0.717, 1.165) is 41.2 Å². The number of imidazole rings is 1. The number of nitrogens with one attached hydrogen (secondary N) is 2. The number of thiophene rings is 1. The quantitative estimate of drug-likeness (QED) is 0.560. The molecule has 5 nitrogen and oxygen atoms in total. The van der Waals surface area contributed by atoms with Crippen LogP contribution in [-0.4, -0.2) is 26.5 Å². The van der Waals surface area contributed by atoms with Gasteiger partial charge in [-0.3, -0.25) is 0 Å². The monoisotopic (exact) mass is 293 g/mol. The topological polar surface area (TPSA) is 66.5 Å². The van der Waals surface area contributed by atoms with E-state index < -0.39 is 0 Å². The maximum Gasteiger partial charge on any atom is 0.225 e. The van der Waals surface area contributed by atoms with Crippen molar-refractivity contribution >= 4 is 39.0 Å². The van der Waals surface area contributed by atoms with Gasteiger partial charge in [0, 0.05) is 25.4 Å². The molecule has 0 saturated carbocycles. The smallest absolute Gasteiger partial charge is 0.225 e. The number of H-pyrrole nitrogens is 1. The minimum Gasteiger partial charge on any atom is -0.369 e. The van der Waals surface area contributed by atoms with Crippen molar-refractivity contribution in [1.29, 1.82) is 0 Å². The molecule has 98 valence electrons. The van der Waals surface area contributed by atoms with Gasteiger partial charge in [-0.25, -0.2) is 15.0 Å². The third kappa shape index (κ3) is 2.85. The zero-order valence-corrected chi connectivity index (χ0v) is 11.6. The summed E-state index contributed by atoms with van der Waals surface area (Å²) in [7, 11) is 0. The Hall–Kier alpha value is -1.66. The largest absolute Gasteiger partial charge is 0.369 e. The third-order valence-corrected chi connectivity index (χ3v) is 3.71. The average Bonchev–Trinajstić information content (AvgIpc) is 3.04. The highest BCUT2D eigenvalue weighted by atomic mass is 35.5. The van der Waals surface area contributed by atoms with Gasteiger partial charge in [0.2, 0.25) is 5.28 Å². The molecule has 19 heavy (non-hydrogen) atoms. The van der Waals surface area contributed by atoms with Crippen molar-refractivity contribution in [2.45, 2.75) is 12.8 Å². The van der Waals surface area contributed by atoms with Crippen LogP contribution in [0.2, 0.25) is 5.28 Å². The van der Waals surface area contributed by atoms with E-state index in [1.807, 2.05) is 17.6 Å². The summed E-state index contributed by atoms with van der Waals surface area (Å²) in [5.74, 6) is 1.80. The van der Waals surface area contributed by atoms with E-state index in [4.69, 9.17) is 11.6 Å². The predicted octanol–water partition coefficient (Wildman–Crippen LogP) is 3.11. The lowest BCUT2D eigenvalue weighted by molar-refractivity contribution is 0.814. The van der Waals surface area contributed by atoms with Gasteiger partial charge in [0.05, 0.1) is 5.39 Å². The minimum absolute atomic E-state index is 0.281.